The zero-order valence-corrected chi connectivity index (χ0v) is 9.03. The van der Waals surface area contributed by atoms with E-state index >= 15 is 0 Å². The van der Waals surface area contributed by atoms with Crippen molar-refractivity contribution in [3.05, 3.63) is 58.6 Å². The monoisotopic (exact) mass is 234 g/mol. The average Bonchev–Trinajstić information content (AvgIpc) is 2.32. The predicted molar refractivity (Wildman–Crippen MR) is 62.4 cm³/mol. The van der Waals surface area contributed by atoms with E-state index < -0.39 is 0 Å². The quantitative estimate of drug-likeness (QED) is 0.796. The summed E-state index contributed by atoms with van der Waals surface area (Å²) in [7, 11) is 0. The van der Waals surface area contributed by atoms with Crippen LogP contribution in [0.4, 0.5) is 4.39 Å². The average molecular weight is 235 g/mol. The topological polar surface area (TPSA) is 25.8 Å². The second-order valence-electron chi connectivity index (χ2n) is 3.17. The highest BCUT2D eigenvalue weighted by molar-refractivity contribution is 6.30. The molecule has 2 rings (SSSR count). The summed E-state index contributed by atoms with van der Waals surface area (Å²) in [6.45, 7) is 0. The molecule has 0 saturated heterocycles. The number of rotatable bonds is 2. The third-order valence-corrected chi connectivity index (χ3v) is 2.26. The van der Waals surface area contributed by atoms with Gasteiger partial charge in [-0.25, -0.2) is 4.39 Å². The van der Waals surface area contributed by atoms with Crippen molar-refractivity contribution in [2.75, 3.05) is 0 Å². The maximum Gasteiger partial charge on any atom is 0.130 e. The van der Waals surface area contributed by atoms with E-state index in [9.17, 15) is 4.39 Å². The molecule has 0 N–H and O–H groups in total. The molecule has 0 atom stereocenters. The lowest BCUT2D eigenvalue weighted by Gasteiger charge is -1.97. The number of hydrogen-bond donors (Lipinski definition) is 0. The van der Waals surface area contributed by atoms with Crippen LogP contribution in [0.3, 0.4) is 0 Å². The van der Waals surface area contributed by atoms with Gasteiger partial charge in [0.25, 0.3) is 0 Å². The SMILES string of the molecule is Fc1ccc(Cl)cc1C=Cc1ccnnc1. The summed E-state index contributed by atoms with van der Waals surface area (Å²) in [6.07, 6.45) is 6.58. The largest absolute Gasteiger partial charge is 0.206 e. The molecule has 0 aliphatic carbocycles. The van der Waals surface area contributed by atoms with E-state index in [1.54, 1.807) is 36.7 Å². The molecule has 4 heteroatoms. The van der Waals surface area contributed by atoms with Crippen LogP contribution in [0, 0.1) is 5.82 Å². The summed E-state index contributed by atoms with van der Waals surface area (Å²) in [5.41, 5.74) is 1.30. The number of halogens is 2. The standard InChI is InChI=1S/C12H8ClFN2/c13-11-3-4-12(14)10(7-11)2-1-9-5-6-15-16-8-9/h1-8H. The van der Waals surface area contributed by atoms with E-state index in [1.807, 2.05) is 0 Å². The fourth-order valence-electron chi connectivity index (χ4n) is 1.23. The first-order valence-electron chi connectivity index (χ1n) is 4.65. The van der Waals surface area contributed by atoms with E-state index in [0.29, 0.717) is 10.6 Å². The minimum Gasteiger partial charge on any atom is -0.206 e. The summed E-state index contributed by atoms with van der Waals surface area (Å²) >= 11 is 5.78. The smallest absolute Gasteiger partial charge is 0.130 e. The summed E-state index contributed by atoms with van der Waals surface area (Å²) < 4.78 is 13.3. The van der Waals surface area contributed by atoms with Gasteiger partial charge >= 0.3 is 0 Å². The molecule has 1 aromatic heterocycles. The Hall–Kier alpha value is -1.74. The van der Waals surface area contributed by atoms with Crippen molar-refractivity contribution in [1.82, 2.24) is 10.2 Å². The number of hydrogen-bond acceptors (Lipinski definition) is 2. The minimum absolute atomic E-state index is 0.303. The Balaban J connectivity index is 2.27. The molecular weight excluding hydrogens is 227 g/mol. The lowest BCUT2D eigenvalue weighted by Crippen LogP contribution is -1.82. The molecule has 0 fully saturated rings. The van der Waals surface area contributed by atoms with E-state index in [4.69, 9.17) is 11.6 Å². The Morgan fingerprint density at radius 3 is 2.75 bits per heavy atom. The highest BCUT2D eigenvalue weighted by atomic mass is 35.5. The summed E-state index contributed by atoms with van der Waals surface area (Å²) in [5, 5.41) is 7.88. The molecule has 16 heavy (non-hydrogen) atoms. The van der Waals surface area contributed by atoms with Gasteiger partial charge in [0.05, 0.1) is 12.4 Å². The molecule has 0 amide bonds. The van der Waals surface area contributed by atoms with Gasteiger partial charge in [-0.3, -0.25) is 0 Å². The van der Waals surface area contributed by atoms with Crippen molar-refractivity contribution >= 4 is 23.8 Å². The van der Waals surface area contributed by atoms with Crippen LogP contribution in [-0.2, 0) is 0 Å². The maximum atomic E-state index is 13.3. The normalized spacial score (nSPS) is 10.9. The van der Waals surface area contributed by atoms with Crippen LogP contribution in [0.15, 0.2) is 36.7 Å². The van der Waals surface area contributed by atoms with Crippen molar-refractivity contribution in [2.45, 2.75) is 0 Å². The van der Waals surface area contributed by atoms with Crippen molar-refractivity contribution in [3.63, 3.8) is 0 Å². The van der Waals surface area contributed by atoms with E-state index in [-0.39, 0.29) is 5.82 Å². The van der Waals surface area contributed by atoms with Crippen molar-refractivity contribution in [2.24, 2.45) is 0 Å². The number of nitrogens with zero attached hydrogens (tertiary/aromatic N) is 2. The Labute approximate surface area is 97.4 Å². The Morgan fingerprint density at radius 1 is 1.12 bits per heavy atom. The van der Waals surface area contributed by atoms with Crippen LogP contribution in [0.25, 0.3) is 12.2 Å². The van der Waals surface area contributed by atoms with E-state index in [2.05, 4.69) is 10.2 Å². The number of benzene rings is 1. The van der Waals surface area contributed by atoms with Crippen molar-refractivity contribution < 1.29 is 4.39 Å². The summed E-state index contributed by atoms with van der Waals surface area (Å²) in [6, 6.07) is 6.21. The predicted octanol–water partition coefficient (Wildman–Crippen LogP) is 3.44. The third-order valence-electron chi connectivity index (χ3n) is 2.02. The van der Waals surface area contributed by atoms with Crippen LogP contribution in [-0.4, -0.2) is 10.2 Å². The van der Waals surface area contributed by atoms with Gasteiger partial charge in [-0.15, -0.1) is 0 Å². The second-order valence-corrected chi connectivity index (χ2v) is 3.61. The molecule has 0 saturated carbocycles. The van der Waals surface area contributed by atoms with Gasteiger partial charge < -0.3 is 0 Å². The fourth-order valence-corrected chi connectivity index (χ4v) is 1.41. The van der Waals surface area contributed by atoms with Gasteiger partial charge in [-0.2, -0.15) is 10.2 Å². The Kier molecular flexibility index (Phi) is 3.27. The van der Waals surface area contributed by atoms with Crippen molar-refractivity contribution in [1.29, 1.82) is 0 Å². The molecular formula is C12H8ClFN2. The molecule has 2 nitrogen and oxygen atoms in total. The van der Waals surface area contributed by atoms with Crippen LogP contribution < -0.4 is 0 Å². The highest BCUT2D eigenvalue weighted by Crippen LogP contribution is 2.17. The van der Waals surface area contributed by atoms with E-state index in [1.165, 1.54) is 12.1 Å². The molecule has 0 radical (unpaired) electrons. The molecule has 2 aromatic rings. The van der Waals surface area contributed by atoms with Crippen LogP contribution in [0.5, 0.6) is 0 Å². The third kappa shape index (κ3) is 2.64. The summed E-state index contributed by atoms with van der Waals surface area (Å²) in [4.78, 5) is 0. The van der Waals surface area contributed by atoms with Crippen LogP contribution in [0.2, 0.25) is 5.02 Å². The van der Waals surface area contributed by atoms with Gasteiger partial charge in [0, 0.05) is 10.6 Å². The van der Waals surface area contributed by atoms with Gasteiger partial charge in [-0.1, -0.05) is 23.8 Å². The fraction of sp³-hybridized carbons (Fsp3) is 0. The molecule has 1 heterocycles. The van der Waals surface area contributed by atoms with Gasteiger partial charge in [-0.05, 0) is 29.8 Å². The summed E-state index contributed by atoms with van der Waals surface area (Å²) in [5.74, 6) is -0.303. The maximum absolute atomic E-state index is 13.3. The lowest BCUT2D eigenvalue weighted by atomic mass is 10.1. The highest BCUT2D eigenvalue weighted by Gasteiger charge is 1.98. The first-order valence-corrected chi connectivity index (χ1v) is 5.03. The van der Waals surface area contributed by atoms with Crippen LogP contribution in [0.1, 0.15) is 11.1 Å². The lowest BCUT2D eigenvalue weighted by molar-refractivity contribution is 0.625. The molecule has 80 valence electrons. The zero-order valence-electron chi connectivity index (χ0n) is 8.27. The molecule has 0 aliphatic heterocycles. The van der Waals surface area contributed by atoms with Gasteiger partial charge in [0.2, 0.25) is 0 Å². The molecule has 0 unspecified atom stereocenters. The van der Waals surface area contributed by atoms with Gasteiger partial charge in [0.15, 0.2) is 0 Å². The first kappa shape index (κ1) is 10.8. The van der Waals surface area contributed by atoms with E-state index in [0.717, 1.165) is 5.56 Å². The van der Waals surface area contributed by atoms with Crippen LogP contribution >= 0.6 is 11.6 Å². The molecule has 0 bridgehead atoms. The Bertz CT molecular complexity index is 512. The first-order chi connectivity index (χ1) is 7.75. The van der Waals surface area contributed by atoms with Gasteiger partial charge in [0.1, 0.15) is 5.82 Å². The molecule has 1 aromatic carbocycles. The second kappa shape index (κ2) is 4.86. The zero-order chi connectivity index (χ0) is 11.4. The molecule has 0 spiro atoms. The van der Waals surface area contributed by atoms with Crippen molar-refractivity contribution in [3.8, 4) is 0 Å². The minimum atomic E-state index is -0.303. The molecule has 0 aliphatic rings. The Morgan fingerprint density at radius 2 is 2.00 bits per heavy atom. The number of aromatic nitrogens is 2.